The Hall–Kier alpha value is -1.83. The molecule has 2 aliphatic heterocycles. The van der Waals surface area contributed by atoms with Crippen molar-refractivity contribution in [1.29, 1.82) is 0 Å². The Bertz CT molecular complexity index is 549. The molecule has 0 radical (unpaired) electrons. The van der Waals surface area contributed by atoms with Crippen molar-refractivity contribution in [1.82, 2.24) is 14.9 Å². The third kappa shape index (κ3) is 3.80. The van der Waals surface area contributed by atoms with Gasteiger partial charge in [-0.25, -0.2) is 19.6 Å². The molecule has 0 aromatic carbocycles. The zero-order chi connectivity index (χ0) is 18.4. The number of hydrogen-bond acceptors (Lipinski definition) is 6. The van der Waals surface area contributed by atoms with Crippen molar-refractivity contribution in [2.24, 2.45) is 0 Å². The molecule has 0 bridgehead atoms. The minimum Gasteiger partial charge on any atom is -0.444 e. The number of carbonyl (C=O) groups is 3. The van der Waals surface area contributed by atoms with Crippen molar-refractivity contribution in [2.45, 2.75) is 64.8 Å². The number of likely N-dealkylation sites (tertiary alicyclic amines) is 1. The van der Waals surface area contributed by atoms with Gasteiger partial charge in [-0.2, -0.15) is 0 Å². The standard InChI is InChI=1S/C16H27N3O5/c1-15(2,3)23-13(21)18-9-11(20)12-10(18)8-19(17(12)7)14(22)24-16(4,5)6/h10,12H,8-9H2,1-7H3/t10-,12+/m1/s1. The van der Waals surface area contributed by atoms with Gasteiger partial charge in [0.1, 0.15) is 17.2 Å². The normalized spacial score (nSPS) is 25.0. The first-order valence-corrected chi connectivity index (χ1v) is 8.06. The molecule has 0 spiro atoms. The number of Topliss-reactive ketones (excluding diaryl/α,β-unsaturated/α-hetero) is 1. The molecule has 0 unspecified atom stereocenters. The quantitative estimate of drug-likeness (QED) is 0.666. The van der Waals surface area contributed by atoms with Crippen molar-refractivity contribution in [3.05, 3.63) is 0 Å². The molecular weight excluding hydrogens is 314 g/mol. The summed E-state index contributed by atoms with van der Waals surface area (Å²) in [5, 5.41) is 2.93. The molecule has 2 heterocycles. The Morgan fingerprint density at radius 2 is 1.50 bits per heavy atom. The van der Waals surface area contributed by atoms with Crippen LogP contribution in [-0.2, 0) is 14.3 Å². The van der Waals surface area contributed by atoms with Crippen LogP contribution in [0, 0.1) is 0 Å². The van der Waals surface area contributed by atoms with E-state index >= 15 is 0 Å². The van der Waals surface area contributed by atoms with Crippen LogP contribution in [0.5, 0.6) is 0 Å². The molecule has 0 saturated carbocycles. The molecule has 24 heavy (non-hydrogen) atoms. The smallest absolute Gasteiger partial charge is 0.425 e. The van der Waals surface area contributed by atoms with Gasteiger partial charge in [-0.05, 0) is 41.5 Å². The Morgan fingerprint density at radius 1 is 1.00 bits per heavy atom. The Morgan fingerprint density at radius 3 is 2.00 bits per heavy atom. The van der Waals surface area contributed by atoms with Crippen LogP contribution < -0.4 is 0 Å². The summed E-state index contributed by atoms with van der Waals surface area (Å²) in [6.45, 7) is 10.9. The van der Waals surface area contributed by atoms with Crippen molar-refractivity contribution >= 4 is 18.0 Å². The summed E-state index contributed by atoms with van der Waals surface area (Å²) in [6.07, 6.45) is -1.07. The number of ether oxygens (including phenoxy) is 2. The van der Waals surface area contributed by atoms with E-state index in [0.717, 1.165) is 0 Å². The Kier molecular flexibility index (Phi) is 4.56. The molecule has 136 valence electrons. The summed E-state index contributed by atoms with van der Waals surface area (Å²) in [4.78, 5) is 38.4. The molecule has 2 fully saturated rings. The molecule has 8 nitrogen and oxygen atoms in total. The summed E-state index contributed by atoms with van der Waals surface area (Å²) in [5.41, 5.74) is -1.28. The molecule has 0 aromatic rings. The number of fused-ring (bicyclic) bond motifs is 1. The van der Waals surface area contributed by atoms with E-state index in [9.17, 15) is 14.4 Å². The first-order valence-electron chi connectivity index (χ1n) is 8.06. The lowest BCUT2D eigenvalue weighted by atomic mass is 10.1. The van der Waals surface area contributed by atoms with Crippen LogP contribution in [0.4, 0.5) is 9.59 Å². The maximum Gasteiger partial charge on any atom is 0.425 e. The van der Waals surface area contributed by atoms with E-state index in [4.69, 9.17) is 9.47 Å². The lowest BCUT2D eigenvalue weighted by Gasteiger charge is -2.30. The van der Waals surface area contributed by atoms with E-state index in [0.29, 0.717) is 0 Å². The highest BCUT2D eigenvalue weighted by Crippen LogP contribution is 2.30. The van der Waals surface area contributed by atoms with Gasteiger partial charge in [0.05, 0.1) is 19.1 Å². The molecule has 2 rings (SSSR count). The van der Waals surface area contributed by atoms with Crippen molar-refractivity contribution in [3.63, 3.8) is 0 Å². The minimum atomic E-state index is -0.645. The average Bonchev–Trinajstić information content (AvgIpc) is 2.84. The zero-order valence-corrected chi connectivity index (χ0v) is 15.5. The van der Waals surface area contributed by atoms with Gasteiger partial charge < -0.3 is 9.47 Å². The topological polar surface area (TPSA) is 79.4 Å². The fraction of sp³-hybridized carbons (Fsp3) is 0.812. The fourth-order valence-corrected chi connectivity index (χ4v) is 2.91. The van der Waals surface area contributed by atoms with Crippen molar-refractivity contribution < 1.29 is 23.9 Å². The molecule has 0 aromatic heterocycles. The number of amides is 2. The summed E-state index contributed by atoms with van der Waals surface area (Å²) in [5.74, 6) is -0.112. The van der Waals surface area contributed by atoms with Gasteiger partial charge in [0.2, 0.25) is 0 Å². The fourth-order valence-electron chi connectivity index (χ4n) is 2.91. The van der Waals surface area contributed by atoms with Gasteiger partial charge in [-0.1, -0.05) is 0 Å². The Labute approximate surface area is 142 Å². The monoisotopic (exact) mass is 341 g/mol. The maximum absolute atomic E-state index is 12.4. The summed E-state index contributed by atoms with van der Waals surface area (Å²) in [6, 6.07) is -0.977. The summed E-state index contributed by atoms with van der Waals surface area (Å²) >= 11 is 0. The third-order valence-corrected chi connectivity index (χ3v) is 3.80. The van der Waals surface area contributed by atoms with Gasteiger partial charge in [0.25, 0.3) is 0 Å². The second kappa shape index (κ2) is 5.91. The van der Waals surface area contributed by atoms with Crippen molar-refractivity contribution in [3.8, 4) is 0 Å². The van der Waals surface area contributed by atoms with Gasteiger partial charge in [-0.15, -0.1) is 0 Å². The van der Waals surface area contributed by atoms with Crippen LogP contribution in [0.1, 0.15) is 41.5 Å². The van der Waals surface area contributed by atoms with Gasteiger partial charge in [0, 0.05) is 7.05 Å². The number of hydrogen-bond donors (Lipinski definition) is 0. The summed E-state index contributed by atoms with van der Waals surface area (Å²) < 4.78 is 10.7. The zero-order valence-electron chi connectivity index (χ0n) is 15.5. The second-order valence-corrected chi connectivity index (χ2v) is 8.22. The number of nitrogens with zero attached hydrogens (tertiary/aromatic N) is 3. The predicted octanol–water partition coefficient (Wildman–Crippen LogP) is 1.64. The van der Waals surface area contributed by atoms with Gasteiger partial charge in [0.15, 0.2) is 5.78 Å². The molecule has 0 N–H and O–H groups in total. The number of carbonyl (C=O) groups excluding carboxylic acids is 3. The maximum atomic E-state index is 12.4. The highest BCUT2D eigenvalue weighted by molar-refractivity contribution is 5.93. The number of hydrazine groups is 1. The van der Waals surface area contributed by atoms with Crippen LogP contribution in [0.2, 0.25) is 0 Å². The predicted molar refractivity (Wildman–Crippen MR) is 86.2 cm³/mol. The number of likely N-dealkylation sites (N-methyl/N-ethyl adjacent to an activating group) is 1. The highest BCUT2D eigenvalue weighted by atomic mass is 16.6. The second-order valence-electron chi connectivity index (χ2n) is 8.22. The third-order valence-electron chi connectivity index (χ3n) is 3.80. The van der Waals surface area contributed by atoms with Gasteiger partial charge in [-0.3, -0.25) is 9.69 Å². The van der Waals surface area contributed by atoms with Crippen LogP contribution in [0.15, 0.2) is 0 Å². The van der Waals surface area contributed by atoms with Gasteiger partial charge >= 0.3 is 12.2 Å². The van der Waals surface area contributed by atoms with Crippen LogP contribution in [0.3, 0.4) is 0 Å². The van der Waals surface area contributed by atoms with Crippen LogP contribution in [0.25, 0.3) is 0 Å². The largest absolute Gasteiger partial charge is 0.444 e. The highest BCUT2D eigenvalue weighted by Gasteiger charge is 2.54. The first kappa shape index (κ1) is 18.5. The molecule has 2 atom stereocenters. The average molecular weight is 341 g/mol. The lowest BCUT2D eigenvalue weighted by molar-refractivity contribution is -0.123. The first-order chi connectivity index (χ1) is 10.8. The molecule has 8 heteroatoms. The number of rotatable bonds is 0. The summed E-state index contributed by atoms with van der Waals surface area (Å²) in [7, 11) is 1.66. The van der Waals surface area contributed by atoms with Crippen LogP contribution in [-0.4, -0.2) is 76.3 Å². The number of ketones is 1. The molecule has 2 aliphatic rings. The van der Waals surface area contributed by atoms with E-state index < -0.39 is 35.5 Å². The SMILES string of the molecule is CN1[C@@H]2C(=O)CN(C(=O)OC(C)(C)C)[C@@H]2CN1C(=O)OC(C)(C)C. The van der Waals surface area contributed by atoms with E-state index in [-0.39, 0.29) is 18.9 Å². The molecule has 2 amide bonds. The van der Waals surface area contributed by atoms with E-state index in [1.807, 2.05) is 0 Å². The van der Waals surface area contributed by atoms with E-state index in [1.165, 1.54) is 9.91 Å². The molecule has 0 aliphatic carbocycles. The molecular formula is C16H27N3O5. The van der Waals surface area contributed by atoms with E-state index in [1.54, 1.807) is 53.6 Å². The van der Waals surface area contributed by atoms with Crippen molar-refractivity contribution in [2.75, 3.05) is 20.1 Å². The minimum absolute atomic E-state index is 0.00323. The Balaban J connectivity index is 2.14. The van der Waals surface area contributed by atoms with E-state index in [2.05, 4.69) is 0 Å². The molecule has 2 saturated heterocycles. The lowest BCUT2D eigenvalue weighted by Crippen LogP contribution is -2.46. The van der Waals surface area contributed by atoms with Crippen LogP contribution >= 0.6 is 0 Å².